The summed E-state index contributed by atoms with van der Waals surface area (Å²) in [4.78, 5) is 28.2. The maximum atomic E-state index is 11.1. The Labute approximate surface area is 134 Å². The molecule has 0 saturated heterocycles. The molecule has 2 aliphatic rings. The summed E-state index contributed by atoms with van der Waals surface area (Å²) in [6.45, 7) is 1.01. The number of hydrogen-bond acceptors (Lipinski definition) is 5. The van der Waals surface area contributed by atoms with Crippen LogP contribution < -0.4 is 11.1 Å². The van der Waals surface area contributed by atoms with Gasteiger partial charge in [0.1, 0.15) is 5.69 Å². The van der Waals surface area contributed by atoms with Crippen molar-refractivity contribution in [2.75, 3.05) is 18.4 Å². The van der Waals surface area contributed by atoms with Crippen LogP contribution >= 0.6 is 0 Å². The number of rotatable bonds is 8. The van der Waals surface area contributed by atoms with Crippen molar-refractivity contribution in [2.24, 2.45) is 11.7 Å². The van der Waals surface area contributed by atoms with Crippen molar-refractivity contribution >= 4 is 17.6 Å². The van der Waals surface area contributed by atoms with Gasteiger partial charge >= 0.3 is 5.97 Å². The number of nitrogens with one attached hydrogen (secondary N) is 1. The fourth-order valence-electron chi connectivity index (χ4n) is 3.04. The largest absolute Gasteiger partial charge is 0.480 e. The highest BCUT2D eigenvalue weighted by molar-refractivity contribution is 5.91. The van der Waals surface area contributed by atoms with Gasteiger partial charge in [-0.25, -0.2) is 0 Å². The van der Waals surface area contributed by atoms with Crippen LogP contribution in [0.4, 0.5) is 5.69 Å². The summed E-state index contributed by atoms with van der Waals surface area (Å²) in [5.41, 5.74) is 6.29. The van der Waals surface area contributed by atoms with Crippen LogP contribution in [-0.4, -0.2) is 52.0 Å². The van der Waals surface area contributed by atoms with E-state index in [1.165, 1.54) is 12.8 Å². The quantitative estimate of drug-likeness (QED) is 0.658. The van der Waals surface area contributed by atoms with E-state index in [1.54, 1.807) is 18.3 Å². The van der Waals surface area contributed by atoms with Gasteiger partial charge < -0.3 is 16.2 Å². The van der Waals surface area contributed by atoms with Gasteiger partial charge in [0.2, 0.25) is 0 Å². The van der Waals surface area contributed by atoms with Crippen molar-refractivity contribution in [1.82, 2.24) is 9.88 Å². The standard InChI is InChI=1S/C16H22N4O3/c17-16(23)14-7-11(3-4-18-14)19-12-5-13(6-12)20(9-15(21)22)8-10-1-2-10/h3-4,7,10,12-13H,1-2,5-6,8-9H2,(H2,17,23)(H,18,19)(H,21,22). The number of aromatic nitrogens is 1. The zero-order valence-electron chi connectivity index (χ0n) is 12.9. The zero-order chi connectivity index (χ0) is 16.4. The van der Waals surface area contributed by atoms with E-state index in [0.717, 1.165) is 25.1 Å². The average Bonchev–Trinajstić information content (AvgIpc) is 3.25. The highest BCUT2D eigenvalue weighted by Gasteiger charge is 2.37. The summed E-state index contributed by atoms with van der Waals surface area (Å²) in [5.74, 6) is -0.626. The first-order valence-corrected chi connectivity index (χ1v) is 7.99. The van der Waals surface area contributed by atoms with Crippen LogP contribution in [-0.2, 0) is 4.79 Å². The first-order chi connectivity index (χ1) is 11.0. The molecule has 1 aromatic rings. The van der Waals surface area contributed by atoms with Crippen LogP contribution in [0.3, 0.4) is 0 Å². The van der Waals surface area contributed by atoms with Crippen molar-refractivity contribution in [1.29, 1.82) is 0 Å². The minimum atomic E-state index is -0.762. The molecule has 4 N–H and O–H groups in total. The van der Waals surface area contributed by atoms with Crippen molar-refractivity contribution in [3.8, 4) is 0 Å². The molecule has 124 valence electrons. The van der Waals surface area contributed by atoms with E-state index in [2.05, 4.69) is 15.2 Å². The van der Waals surface area contributed by atoms with E-state index in [-0.39, 0.29) is 12.2 Å². The Bertz CT molecular complexity index is 597. The summed E-state index contributed by atoms with van der Waals surface area (Å²) in [5, 5.41) is 12.4. The van der Waals surface area contributed by atoms with Crippen LogP contribution in [0.5, 0.6) is 0 Å². The maximum Gasteiger partial charge on any atom is 0.317 e. The van der Waals surface area contributed by atoms with Gasteiger partial charge in [-0.2, -0.15) is 0 Å². The predicted molar refractivity (Wildman–Crippen MR) is 85.1 cm³/mol. The first-order valence-electron chi connectivity index (χ1n) is 7.99. The second-order valence-electron chi connectivity index (χ2n) is 6.53. The molecule has 2 saturated carbocycles. The molecule has 0 aromatic carbocycles. The summed E-state index contributed by atoms with van der Waals surface area (Å²) in [6.07, 6.45) is 5.82. The highest BCUT2D eigenvalue weighted by atomic mass is 16.4. The molecule has 2 aliphatic carbocycles. The lowest BCUT2D eigenvalue weighted by Crippen LogP contribution is -2.52. The molecule has 7 heteroatoms. The van der Waals surface area contributed by atoms with Gasteiger partial charge in [0.15, 0.2) is 0 Å². The number of nitrogens with zero attached hydrogens (tertiary/aromatic N) is 2. The van der Waals surface area contributed by atoms with Gasteiger partial charge in [-0.3, -0.25) is 19.5 Å². The lowest BCUT2D eigenvalue weighted by atomic mass is 9.85. The molecule has 0 unspecified atom stereocenters. The summed E-state index contributed by atoms with van der Waals surface area (Å²) in [6, 6.07) is 4.06. The Morgan fingerprint density at radius 3 is 2.74 bits per heavy atom. The SMILES string of the molecule is NC(=O)c1cc(NC2CC(N(CC(=O)O)CC3CC3)C2)ccn1. The maximum absolute atomic E-state index is 11.1. The molecule has 0 bridgehead atoms. The Kier molecular flexibility index (Phi) is 4.47. The third-order valence-corrected chi connectivity index (χ3v) is 4.54. The number of carbonyl (C=O) groups is 2. The molecule has 1 heterocycles. The van der Waals surface area contributed by atoms with E-state index in [9.17, 15) is 9.59 Å². The van der Waals surface area contributed by atoms with E-state index < -0.39 is 11.9 Å². The Morgan fingerprint density at radius 1 is 1.39 bits per heavy atom. The molecule has 3 rings (SSSR count). The fraction of sp³-hybridized carbons (Fsp3) is 0.562. The number of aliphatic carboxylic acids is 1. The number of amides is 1. The van der Waals surface area contributed by atoms with E-state index in [1.807, 2.05) is 0 Å². The number of hydrogen-bond donors (Lipinski definition) is 3. The Balaban J connectivity index is 1.52. The number of primary amides is 1. The van der Waals surface area contributed by atoms with Crippen LogP contribution in [0.15, 0.2) is 18.3 Å². The molecule has 0 aliphatic heterocycles. The first kappa shape index (κ1) is 15.7. The molecule has 1 amide bonds. The van der Waals surface area contributed by atoms with Gasteiger partial charge in [-0.05, 0) is 43.7 Å². The summed E-state index contributed by atoms with van der Waals surface area (Å²) < 4.78 is 0. The van der Waals surface area contributed by atoms with Crippen molar-refractivity contribution in [3.05, 3.63) is 24.0 Å². The number of nitrogens with two attached hydrogens (primary N) is 1. The Hall–Kier alpha value is -2.15. The molecule has 0 atom stereocenters. The van der Waals surface area contributed by atoms with E-state index >= 15 is 0 Å². The third-order valence-electron chi connectivity index (χ3n) is 4.54. The summed E-state index contributed by atoms with van der Waals surface area (Å²) in [7, 11) is 0. The third kappa shape index (κ3) is 4.19. The van der Waals surface area contributed by atoms with Gasteiger partial charge in [0, 0.05) is 30.5 Å². The van der Waals surface area contributed by atoms with Gasteiger partial charge in [0.05, 0.1) is 6.54 Å². The minimum Gasteiger partial charge on any atom is -0.480 e. The number of carboxylic acid groups (broad SMARTS) is 1. The second kappa shape index (κ2) is 6.54. The number of anilines is 1. The molecule has 0 radical (unpaired) electrons. The number of carbonyl (C=O) groups excluding carboxylic acids is 1. The van der Waals surface area contributed by atoms with E-state index in [4.69, 9.17) is 10.8 Å². The molecular weight excluding hydrogens is 296 g/mol. The smallest absolute Gasteiger partial charge is 0.317 e. The van der Waals surface area contributed by atoms with Crippen molar-refractivity contribution in [2.45, 2.75) is 37.8 Å². The summed E-state index contributed by atoms with van der Waals surface area (Å²) >= 11 is 0. The average molecular weight is 318 g/mol. The molecule has 23 heavy (non-hydrogen) atoms. The van der Waals surface area contributed by atoms with E-state index in [0.29, 0.717) is 18.0 Å². The van der Waals surface area contributed by atoms with Crippen LogP contribution in [0.2, 0.25) is 0 Å². The lowest BCUT2D eigenvalue weighted by molar-refractivity contribution is -0.139. The zero-order valence-corrected chi connectivity index (χ0v) is 12.9. The number of pyridine rings is 1. The molecule has 2 fully saturated rings. The lowest BCUT2D eigenvalue weighted by Gasteiger charge is -2.43. The van der Waals surface area contributed by atoms with Crippen LogP contribution in [0.25, 0.3) is 0 Å². The van der Waals surface area contributed by atoms with Gasteiger partial charge in [0.25, 0.3) is 5.91 Å². The monoisotopic (exact) mass is 318 g/mol. The minimum absolute atomic E-state index is 0.120. The molecule has 0 spiro atoms. The van der Waals surface area contributed by atoms with Crippen molar-refractivity contribution < 1.29 is 14.7 Å². The van der Waals surface area contributed by atoms with Gasteiger partial charge in [-0.1, -0.05) is 0 Å². The Morgan fingerprint density at radius 2 is 2.13 bits per heavy atom. The van der Waals surface area contributed by atoms with Gasteiger partial charge in [-0.15, -0.1) is 0 Å². The van der Waals surface area contributed by atoms with Crippen LogP contribution in [0, 0.1) is 5.92 Å². The second-order valence-corrected chi connectivity index (χ2v) is 6.53. The predicted octanol–water partition coefficient (Wildman–Crippen LogP) is 0.920. The molecule has 7 nitrogen and oxygen atoms in total. The molecular formula is C16H22N4O3. The molecule has 1 aromatic heterocycles. The fourth-order valence-corrected chi connectivity index (χ4v) is 3.04. The highest BCUT2D eigenvalue weighted by Crippen LogP contribution is 2.34. The van der Waals surface area contributed by atoms with Crippen molar-refractivity contribution in [3.63, 3.8) is 0 Å². The normalized spacial score (nSPS) is 23.3. The number of carboxylic acids is 1. The topological polar surface area (TPSA) is 109 Å². The van der Waals surface area contributed by atoms with Crippen LogP contribution in [0.1, 0.15) is 36.2 Å².